The lowest BCUT2D eigenvalue weighted by Gasteiger charge is -2.33. The molecule has 0 bridgehead atoms. The summed E-state index contributed by atoms with van der Waals surface area (Å²) in [5.74, 6) is 1.19. The molecule has 1 atom stereocenters. The second-order valence-electron chi connectivity index (χ2n) is 3.57. The Morgan fingerprint density at radius 1 is 1.67 bits per heavy atom. The van der Waals surface area contributed by atoms with Crippen molar-refractivity contribution in [3.05, 3.63) is 0 Å². The fraction of sp³-hybridized carbons (Fsp3) is 0.900. The van der Waals surface area contributed by atoms with E-state index in [9.17, 15) is 0 Å². The van der Waals surface area contributed by atoms with Gasteiger partial charge in [0.1, 0.15) is 0 Å². The van der Waals surface area contributed by atoms with Gasteiger partial charge >= 0.3 is 0 Å². The molecule has 0 aromatic carbocycles. The standard InChI is InChI=1S/C10H20N2OS2/c1-3-9-8-12(5-7-15-9)10(14)11-4-6-13-2/h9H,3-8H2,1-2H3,(H,11,14). The topological polar surface area (TPSA) is 24.5 Å². The minimum atomic E-state index is 0.708. The summed E-state index contributed by atoms with van der Waals surface area (Å²) in [5.41, 5.74) is 0. The average Bonchev–Trinajstić information content (AvgIpc) is 2.29. The molecule has 88 valence electrons. The first-order valence-corrected chi connectivity index (χ1v) is 6.87. The third-order valence-electron chi connectivity index (χ3n) is 2.46. The van der Waals surface area contributed by atoms with Gasteiger partial charge in [0.05, 0.1) is 6.61 Å². The molecule has 1 saturated heterocycles. The molecule has 1 aliphatic heterocycles. The highest BCUT2D eigenvalue weighted by Gasteiger charge is 2.20. The van der Waals surface area contributed by atoms with Gasteiger partial charge in [0.25, 0.3) is 0 Å². The van der Waals surface area contributed by atoms with Gasteiger partial charge in [0.15, 0.2) is 5.11 Å². The number of thioether (sulfide) groups is 1. The van der Waals surface area contributed by atoms with Crippen molar-refractivity contribution in [2.45, 2.75) is 18.6 Å². The summed E-state index contributed by atoms with van der Waals surface area (Å²) in [4.78, 5) is 2.27. The molecule has 3 nitrogen and oxygen atoms in total. The minimum Gasteiger partial charge on any atom is -0.383 e. The molecule has 0 saturated carbocycles. The molecule has 1 aliphatic rings. The third kappa shape index (κ3) is 4.57. The zero-order chi connectivity index (χ0) is 11.1. The van der Waals surface area contributed by atoms with Gasteiger partial charge in [-0.15, -0.1) is 0 Å². The molecular formula is C10H20N2OS2. The molecule has 0 spiro atoms. The number of methoxy groups -OCH3 is 1. The van der Waals surface area contributed by atoms with Gasteiger partial charge in [0.2, 0.25) is 0 Å². The van der Waals surface area contributed by atoms with Crippen LogP contribution in [0.1, 0.15) is 13.3 Å². The monoisotopic (exact) mass is 248 g/mol. The van der Waals surface area contributed by atoms with E-state index in [1.807, 2.05) is 0 Å². The van der Waals surface area contributed by atoms with Gasteiger partial charge in [-0.25, -0.2) is 0 Å². The van der Waals surface area contributed by atoms with Gasteiger partial charge in [0, 0.05) is 37.7 Å². The number of rotatable bonds is 4. The Balaban J connectivity index is 2.25. The first-order valence-electron chi connectivity index (χ1n) is 5.41. The Hall–Kier alpha value is -0.0000000000000000555. The largest absolute Gasteiger partial charge is 0.383 e. The van der Waals surface area contributed by atoms with Gasteiger partial charge in [-0.1, -0.05) is 6.92 Å². The average molecular weight is 248 g/mol. The number of ether oxygens (including phenoxy) is 1. The second-order valence-corrected chi connectivity index (χ2v) is 5.37. The van der Waals surface area contributed by atoms with Crippen LogP contribution in [0.25, 0.3) is 0 Å². The van der Waals surface area contributed by atoms with E-state index < -0.39 is 0 Å². The lowest BCUT2D eigenvalue weighted by atomic mass is 10.3. The van der Waals surface area contributed by atoms with Crippen LogP contribution in [0.4, 0.5) is 0 Å². The molecule has 1 fully saturated rings. The highest BCUT2D eigenvalue weighted by Crippen LogP contribution is 2.20. The maximum absolute atomic E-state index is 5.34. The fourth-order valence-electron chi connectivity index (χ4n) is 1.52. The maximum Gasteiger partial charge on any atom is 0.169 e. The zero-order valence-corrected chi connectivity index (χ0v) is 11.1. The summed E-state index contributed by atoms with van der Waals surface area (Å²) in [6, 6.07) is 0. The number of hydrogen-bond donors (Lipinski definition) is 1. The van der Waals surface area contributed by atoms with E-state index in [0.29, 0.717) is 6.61 Å². The van der Waals surface area contributed by atoms with Crippen molar-refractivity contribution in [3.63, 3.8) is 0 Å². The van der Waals surface area contributed by atoms with Crippen LogP contribution >= 0.6 is 24.0 Å². The van der Waals surface area contributed by atoms with Gasteiger partial charge in [-0.3, -0.25) is 0 Å². The smallest absolute Gasteiger partial charge is 0.169 e. The Morgan fingerprint density at radius 3 is 3.13 bits per heavy atom. The van der Waals surface area contributed by atoms with Crippen LogP contribution in [0.3, 0.4) is 0 Å². The van der Waals surface area contributed by atoms with Gasteiger partial charge in [-0.05, 0) is 18.6 Å². The van der Waals surface area contributed by atoms with Gasteiger partial charge in [-0.2, -0.15) is 11.8 Å². The molecule has 5 heteroatoms. The molecule has 1 N–H and O–H groups in total. The van der Waals surface area contributed by atoms with E-state index in [1.54, 1.807) is 7.11 Å². The molecule has 0 amide bonds. The number of nitrogens with zero attached hydrogens (tertiary/aromatic N) is 1. The van der Waals surface area contributed by atoms with Crippen molar-refractivity contribution in [3.8, 4) is 0 Å². The van der Waals surface area contributed by atoms with E-state index >= 15 is 0 Å². The Kier molecular flexibility index (Phi) is 6.36. The first-order chi connectivity index (χ1) is 7.27. The molecule has 1 rings (SSSR count). The van der Waals surface area contributed by atoms with Crippen molar-refractivity contribution < 1.29 is 4.74 Å². The van der Waals surface area contributed by atoms with E-state index in [4.69, 9.17) is 17.0 Å². The summed E-state index contributed by atoms with van der Waals surface area (Å²) in [6.45, 7) is 5.90. The first kappa shape index (κ1) is 13.1. The van der Waals surface area contributed by atoms with Crippen LogP contribution in [0.5, 0.6) is 0 Å². The Morgan fingerprint density at radius 2 is 2.47 bits per heavy atom. The lowest BCUT2D eigenvalue weighted by molar-refractivity contribution is 0.203. The predicted octanol–water partition coefficient (Wildman–Crippen LogP) is 1.33. The van der Waals surface area contributed by atoms with E-state index in [1.165, 1.54) is 12.2 Å². The third-order valence-corrected chi connectivity index (χ3v) is 4.24. The lowest BCUT2D eigenvalue weighted by Crippen LogP contribution is -2.47. The summed E-state index contributed by atoms with van der Waals surface area (Å²) >= 11 is 7.40. The van der Waals surface area contributed by atoms with E-state index in [2.05, 4.69) is 28.9 Å². The van der Waals surface area contributed by atoms with Crippen LogP contribution < -0.4 is 5.32 Å². The molecule has 0 aromatic rings. The molecule has 0 radical (unpaired) electrons. The predicted molar refractivity (Wildman–Crippen MR) is 70.6 cm³/mol. The Labute approximate surface area is 102 Å². The van der Waals surface area contributed by atoms with E-state index in [0.717, 1.165) is 30.0 Å². The fourth-order valence-corrected chi connectivity index (χ4v) is 2.97. The minimum absolute atomic E-state index is 0.708. The molecule has 0 aromatic heterocycles. The maximum atomic E-state index is 5.34. The number of nitrogens with one attached hydrogen (secondary N) is 1. The summed E-state index contributed by atoms with van der Waals surface area (Å²) in [5, 5.41) is 4.84. The molecule has 1 unspecified atom stereocenters. The van der Waals surface area contributed by atoms with Crippen molar-refractivity contribution in [2.75, 3.05) is 39.1 Å². The Bertz CT molecular complexity index is 202. The quantitative estimate of drug-likeness (QED) is 0.598. The van der Waals surface area contributed by atoms with Crippen molar-refractivity contribution in [1.82, 2.24) is 10.2 Å². The van der Waals surface area contributed by atoms with Crippen molar-refractivity contribution in [1.29, 1.82) is 0 Å². The van der Waals surface area contributed by atoms with Crippen LogP contribution in [-0.4, -0.2) is 54.4 Å². The normalized spacial score (nSPS) is 21.5. The summed E-state index contributed by atoms with van der Waals surface area (Å²) in [7, 11) is 1.70. The molecular weight excluding hydrogens is 228 g/mol. The SMILES string of the molecule is CCC1CN(C(=S)NCCOC)CCS1. The van der Waals surface area contributed by atoms with Crippen LogP contribution in [-0.2, 0) is 4.74 Å². The second kappa shape index (κ2) is 7.30. The number of hydrogen-bond acceptors (Lipinski definition) is 3. The number of thiocarbonyl (C=S) groups is 1. The molecule has 1 heterocycles. The van der Waals surface area contributed by atoms with Crippen molar-refractivity contribution >= 4 is 29.1 Å². The van der Waals surface area contributed by atoms with Crippen molar-refractivity contribution in [2.24, 2.45) is 0 Å². The van der Waals surface area contributed by atoms with Crippen LogP contribution in [0, 0.1) is 0 Å². The zero-order valence-electron chi connectivity index (χ0n) is 9.49. The molecule has 15 heavy (non-hydrogen) atoms. The summed E-state index contributed by atoms with van der Waals surface area (Å²) in [6.07, 6.45) is 1.22. The highest BCUT2D eigenvalue weighted by atomic mass is 32.2. The van der Waals surface area contributed by atoms with Crippen LogP contribution in [0.2, 0.25) is 0 Å². The van der Waals surface area contributed by atoms with Gasteiger partial charge < -0.3 is 15.0 Å². The molecule has 0 aliphatic carbocycles. The van der Waals surface area contributed by atoms with Crippen LogP contribution in [0.15, 0.2) is 0 Å². The van der Waals surface area contributed by atoms with E-state index in [-0.39, 0.29) is 0 Å². The summed E-state index contributed by atoms with van der Waals surface area (Å²) < 4.78 is 4.98. The highest BCUT2D eigenvalue weighted by molar-refractivity contribution is 8.00.